The van der Waals surface area contributed by atoms with Crippen LogP contribution in [0.3, 0.4) is 0 Å². The molecule has 1 unspecified atom stereocenters. The molecule has 0 saturated heterocycles. The normalized spacial score (nSPS) is 12.5. The quantitative estimate of drug-likeness (QED) is 0.645. The fourth-order valence-corrected chi connectivity index (χ4v) is 3.04. The number of nitrogens with zero attached hydrogens (tertiary/aromatic N) is 3. The number of ether oxygens (including phenoxy) is 1. The van der Waals surface area contributed by atoms with E-state index in [1.165, 1.54) is 4.90 Å². The Hall–Kier alpha value is -2.38. The summed E-state index contributed by atoms with van der Waals surface area (Å²) in [6, 6.07) is 9.70. The fourth-order valence-electron chi connectivity index (χ4n) is 2.90. The van der Waals surface area contributed by atoms with Crippen molar-refractivity contribution in [3.63, 3.8) is 0 Å². The first-order valence-corrected chi connectivity index (χ1v) is 10.4. The van der Waals surface area contributed by atoms with Gasteiger partial charge in [-0.1, -0.05) is 39.0 Å². The second-order valence-electron chi connectivity index (χ2n) is 8.28. The molecule has 0 bridgehead atoms. The Morgan fingerprint density at radius 3 is 2.53 bits per heavy atom. The van der Waals surface area contributed by atoms with Crippen molar-refractivity contribution in [2.24, 2.45) is 0 Å². The number of aryl methyl sites for hydroxylation is 1. The molecule has 7 nitrogen and oxygen atoms in total. The Kier molecular flexibility index (Phi) is 8.03. The van der Waals surface area contributed by atoms with E-state index >= 15 is 0 Å². The van der Waals surface area contributed by atoms with Gasteiger partial charge in [0.05, 0.1) is 18.0 Å². The standard InChI is InChI=1S/C22H31ClN4O3/c1-15-9-7-8-10-17(15)27-19(13-18(25-27)22(3,4)5)24-20(28)14-26(11-12-30-6)21(29)16(2)23/h7-10,13,16H,11-12,14H2,1-6H3,(H,24,28). The van der Waals surface area contributed by atoms with Gasteiger partial charge in [0.15, 0.2) is 0 Å². The lowest BCUT2D eigenvalue weighted by atomic mass is 9.92. The predicted octanol–water partition coefficient (Wildman–Crippen LogP) is 3.52. The van der Waals surface area contributed by atoms with Crippen LogP contribution in [-0.4, -0.2) is 58.7 Å². The minimum absolute atomic E-state index is 0.122. The van der Waals surface area contributed by atoms with Gasteiger partial charge in [-0.15, -0.1) is 11.6 Å². The molecule has 0 aliphatic heterocycles. The number of hydrogen-bond acceptors (Lipinski definition) is 4. The van der Waals surface area contributed by atoms with Gasteiger partial charge >= 0.3 is 0 Å². The Morgan fingerprint density at radius 2 is 1.97 bits per heavy atom. The average Bonchev–Trinajstić information content (AvgIpc) is 3.08. The lowest BCUT2D eigenvalue weighted by Crippen LogP contribution is -2.43. The third kappa shape index (κ3) is 6.06. The van der Waals surface area contributed by atoms with E-state index < -0.39 is 5.38 Å². The number of amides is 2. The topological polar surface area (TPSA) is 76.5 Å². The Morgan fingerprint density at radius 1 is 1.30 bits per heavy atom. The lowest BCUT2D eigenvalue weighted by Gasteiger charge is -2.23. The number of benzene rings is 1. The molecule has 1 heterocycles. The number of halogens is 1. The maximum absolute atomic E-state index is 12.8. The van der Waals surface area contributed by atoms with Crippen molar-refractivity contribution < 1.29 is 14.3 Å². The number of rotatable bonds is 8. The molecule has 0 radical (unpaired) electrons. The zero-order valence-electron chi connectivity index (χ0n) is 18.5. The van der Waals surface area contributed by atoms with Crippen molar-refractivity contribution in [2.75, 3.05) is 32.1 Å². The van der Waals surface area contributed by atoms with Crippen LogP contribution in [0, 0.1) is 6.92 Å². The Labute approximate surface area is 183 Å². The molecule has 0 spiro atoms. The molecule has 0 fully saturated rings. The fraction of sp³-hybridized carbons (Fsp3) is 0.500. The van der Waals surface area contributed by atoms with Crippen molar-refractivity contribution in [2.45, 2.75) is 45.4 Å². The van der Waals surface area contributed by atoms with Gasteiger partial charge in [0.25, 0.3) is 0 Å². The van der Waals surface area contributed by atoms with E-state index in [9.17, 15) is 9.59 Å². The smallest absolute Gasteiger partial charge is 0.245 e. The highest BCUT2D eigenvalue weighted by Gasteiger charge is 2.24. The van der Waals surface area contributed by atoms with Crippen LogP contribution >= 0.6 is 11.6 Å². The predicted molar refractivity (Wildman–Crippen MR) is 119 cm³/mol. The molecule has 0 aliphatic carbocycles. The van der Waals surface area contributed by atoms with Gasteiger partial charge in [0.1, 0.15) is 17.7 Å². The molecule has 0 aliphatic rings. The number of alkyl halides is 1. The molecule has 1 aromatic heterocycles. The number of aromatic nitrogens is 2. The van der Waals surface area contributed by atoms with Crippen LogP contribution in [0.1, 0.15) is 39.0 Å². The zero-order chi connectivity index (χ0) is 22.5. The van der Waals surface area contributed by atoms with E-state index in [-0.39, 0.29) is 30.3 Å². The summed E-state index contributed by atoms with van der Waals surface area (Å²) < 4.78 is 6.79. The summed E-state index contributed by atoms with van der Waals surface area (Å²) in [5.74, 6) is -0.0871. The summed E-state index contributed by atoms with van der Waals surface area (Å²) in [6.07, 6.45) is 0. The van der Waals surface area contributed by atoms with Crippen molar-refractivity contribution in [1.29, 1.82) is 0 Å². The van der Waals surface area contributed by atoms with Crippen LogP contribution in [0.4, 0.5) is 5.82 Å². The maximum atomic E-state index is 12.8. The second kappa shape index (κ2) is 10.1. The molecule has 1 atom stereocenters. The van der Waals surface area contributed by atoms with Crippen LogP contribution < -0.4 is 5.32 Å². The molecule has 1 N–H and O–H groups in total. The van der Waals surface area contributed by atoms with Crippen LogP contribution in [0.15, 0.2) is 30.3 Å². The van der Waals surface area contributed by atoms with Crippen molar-refractivity contribution in [1.82, 2.24) is 14.7 Å². The largest absolute Gasteiger partial charge is 0.383 e. The molecule has 2 aromatic rings. The number of carbonyl (C=O) groups excluding carboxylic acids is 2. The summed E-state index contributed by atoms with van der Waals surface area (Å²) in [5, 5.41) is 6.93. The third-order valence-electron chi connectivity index (χ3n) is 4.64. The van der Waals surface area contributed by atoms with Crippen LogP contribution in [0.25, 0.3) is 5.69 Å². The molecular formula is C22H31ClN4O3. The highest BCUT2D eigenvalue weighted by molar-refractivity contribution is 6.30. The molecular weight excluding hydrogens is 404 g/mol. The minimum Gasteiger partial charge on any atom is -0.383 e. The van der Waals surface area contributed by atoms with E-state index in [2.05, 4.69) is 26.1 Å². The third-order valence-corrected chi connectivity index (χ3v) is 4.83. The molecule has 30 heavy (non-hydrogen) atoms. The van der Waals surface area contributed by atoms with Gasteiger partial charge in [-0.25, -0.2) is 4.68 Å². The zero-order valence-corrected chi connectivity index (χ0v) is 19.3. The van der Waals surface area contributed by atoms with Gasteiger partial charge in [0.2, 0.25) is 11.8 Å². The van der Waals surface area contributed by atoms with Crippen LogP contribution in [0.2, 0.25) is 0 Å². The Bertz CT molecular complexity index is 887. The van der Waals surface area contributed by atoms with Gasteiger partial charge in [-0.05, 0) is 25.5 Å². The van der Waals surface area contributed by atoms with E-state index in [0.29, 0.717) is 12.4 Å². The highest BCUT2D eigenvalue weighted by atomic mass is 35.5. The number of hydrogen-bond donors (Lipinski definition) is 1. The van der Waals surface area contributed by atoms with Gasteiger partial charge in [-0.3, -0.25) is 9.59 Å². The first kappa shape index (κ1) is 23.9. The van der Waals surface area contributed by atoms with Crippen molar-refractivity contribution in [3.8, 4) is 5.69 Å². The number of nitrogens with one attached hydrogen (secondary N) is 1. The van der Waals surface area contributed by atoms with Crippen LogP contribution in [0.5, 0.6) is 0 Å². The average molecular weight is 435 g/mol. The van der Waals surface area contributed by atoms with E-state index in [0.717, 1.165) is 16.9 Å². The van der Waals surface area contributed by atoms with Gasteiger partial charge < -0.3 is 15.0 Å². The number of anilines is 1. The van der Waals surface area contributed by atoms with E-state index in [1.807, 2.05) is 37.3 Å². The Balaban J connectivity index is 2.31. The molecule has 8 heteroatoms. The first-order chi connectivity index (χ1) is 14.0. The van der Waals surface area contributed by atoms with Crippen molar-refractivity contribution >= 4 is 29.2 Å². The maximum Gasteiger partial charge on any atom is 0.245 e. The molecule has 1 aromatic carbocycles. The van der Waals surface area contributed by atoms with E-state index in [4.69, 9.17) is 21.4 Å². The summed E-state index contributed by atoms with van der Waals surface area (Å²) in [4.78, 5) is 26.6. The summed E-state index contributed by atoms with van der Waals surface area (Å²) in [5.41, 5.74) is 2.57. The SMILES string of the molecule is COCCN(CC(=O)Nc1cc(C(C)(C)C)nn1-c1ccccc1C)C(=O)C(C)Cl. The van der Waals surface area contributed by atoms with Crippen molar-refractivity contribution in [3.05, 3.63) is 41.6 Å². The number of para-hydroxylation sites is 1. The lowest BCUT2D eigenvalue weighted by molar-refractivity contribution is -0.134. The highest BCUT2D eigenvalue weighted by Crippen LogP contribution is 2.27. The summed E-state index contributed by atoms with van der Waals surface area (Å²) in [6.45, 7) is 10.3. The number of carbonyl (C=O) groups is 2. The van der Waals surface area contributed by atoms with E-state index in [1.54, 1.807) is 18.7 Å². The summed E-state index contributed by atoms with van der Waals surface area (Å²) >= 11 is 5.94. The molecule has 2 amide bonds. The summed E-state index contributed by atoms with van der Waals surface area (Å²) in [7, 11) is 1.54. The molecule has 164 valence electrons. The first-order valence-electron chi connectivity index (χ1n) is 9.92. The second-order valence-corrected chi connectivity index (χ2v) is 8.93. The molecule has 2 rings (SSSR count). The van der Waals surface area contributed by atoms with Gasteiger partial charge in [-0.2, -0.15) is 5.10 Å². The van der Waals surface area contributed by atoms with Crippen LogP contribution in [-0.2, 0) is 19.7 Å². The monoisotopic (exact) mass is 434 g/mol. The minimum atomic E-state index is -0.723. The van der Waals surface area contributed by atoms with Gasteiger partial charge in [0, 0.05) is 25.1 Å². The molecule has 0 saturated carbocycles. The number of methoxy groups -OCH3 is 1.